The molecule has 0 amide bonds. The van der Waals surface area contributed by atoms with Crippen LogP contribution in [0.1, 0.15) is 97.8 Å². The van der Waals surface area contributed by atoms with Gasteiger partial charge in [-0.3, -0.25) is 4.79 Å². The molecule has 0 N–H and O–H groups in total. The molecule has 0 saturated heterocycles. The molecule has 0 aliphatic rings. The van der Waals surface area contributed by atoms with Gasteiger partial charge in [0.05, 0.1) is 6.61 Å². The molecule has 1 atom stereocenters. The summed E-state index contributed by atoms with van der Waals surface area (Å²) in [5.41, 5.74) is 0. The van der Waals surface area contributed by atoms with E-state index in [1.807, 2.05) is 0 Å². The predicted molar refractivity (Wildman–Crippen MR) is 96.0 cm³/mol. The Bertz CT molecular complexity index is 271. The van der Waals surface area contributed by atoms with Crippen molar-refractivity contribution < 1.29 is 9.53 Å². The minimum Gasteiger partial charge on any atom is -0.465 e. The molecule has 1 unspecified atom stereocenters. The maximum atomic E-state index is 11.7. The zero-order valence-electron chi connectivity index (χ0n) is 15.2. The number of allylic oxidation sites excluding steroid dienone is 2. The first-order valence-electron chi connectivity index (χ1n) is 9.55. The summed E-state index contributed by atoms with van der Waals surface area (Å²) >= 11 is 0. The van der Waals surface area contributed by atoms with Crippen LogP contribution in [0.4, 0.5) is 0 Å². The molecule has 2 heteroatoms. The van der Waals surface area contributed by atoms with Gasteiger partial charge < -0.3 is 4.74 Å². The van der Waals surface area contributed by atoms with E-state index in [0.717, 1.165) is 25.7 Å². The predicted octanol–water partition coefficient (Wildman–Crippen LogP) is 6.44. The monoisotopic (exact) mass is 310 g/mol. The van der Waals surface area contributed by atoms with Gasteiger partial charge in [-0.15, -0.1) is 0 Å². The van der Waals surface area contributed by atoms with E-state index in [4.69, 9.17) is 4.74 Å². The smallest absolute Gasteiger partial charge is 0.305 e. The Balaban J connectivity index is 3.43. The van der Waals surface area contributed by atoms with Gasteiger partial charge in [0.1, 0.15) is 0 Å². The van der Waals surface area contributed by atoms with E-state index >= 15 is 0 Å². The number of carbonyl (C=O) groups is 1. The summed E-state index contributed by atoms with van der Waals surface area (Å²) < 4.78 is 5.42. The highest BCUT2D eigenvalue weighted by Crippen LogP contribution is 2.14. The molecule has 0 aromatic heterocycles. The summed E-state index contributed by atoms with van der Waals surface area (Å²) in [5.74, 6) is 0.556. The molecule has 22 heavy (non-hydrogen) atoms. The highest BCUT2D eigenvalue weighted by molar-refractivity contribution is 5.69. The fourth-order valence-corrected chi connectivity index (χ4v) is 2.53. The van der Waals surface area contributed by atoms with Crippen LogP contribution in [0, 0.1) is 5.92 Å². The van der Waals surface area contributed by atoms with Crippen molar-refractivity contribution in [3.05, 3.63) is 12.2 Å². The number of ether oxygens (including phenoxy) is 1. The third-order valence-corrected chi connectivity index (χ3v) is 4.18. The number of esters is 1. The molecule has 130 valence electrons. The summed E-state index contributed by atoms with van der Waals surface area (Å²) in [5, 5.41) is 0. The Labute approximate surface area is 138 Å². The van der Waals surface area contributed by atoms with Crippen LogP contribution in [0.2, 0.25) is 0 Å². The van der Waals surface area contributed by atoms with Gasteiger partial charge in [0.15, 0.2) is 0 Å². The van der Waals surface area contributed by atoms with Crippen LogP contribution in [0.15, 0.2) is 12.2 Å². The number of carbonyl (C=O) groups excluding carboxylic acids is 1. The highest BCUT2D eigenvalue weighted by Gasteiger charge is 2.09. The average molecular weight is 311 g/mol. The number of hydrogen-bond donors (Lipinski definition) is 0. The van der Waals surface area contributed by atoms with Crippen LogP contribution in [0.25, 0.3) is 0 Å². The lowest BCUT2D eigenvalue weighted by molar-refractivity contribution is -0.145. The SMILES string of the molecule is CC/C=C\CCCCCCCC(=O)OCC(CC)CCCC. The largest absolute Gasteiger partial charge is 0.465 e. The third kappa shape index (κ3) is 14.2. The van der Waals surface area contributed by atoms with Crippen molar-refractivity contribution in [1.29, 1.82) is 0 Å². The van der Waals surface area contributed by atoms with Gasteiger partial charge in [-0.1, -0.05) is 71.4 Å². The van der Waals surface area contributed by atoms with Crippen molar-refractivity contribution in [2.24, 2.45) is 5.92 Å². The Kier molecular flexibility index (Phi) is 16.0. The quantitative estimate of drug-likeness (QED) is 0.197. The summed E-state index contributed by atoms with van der Waals surface area (Å²) in [4.78, 5) is 11.7. The standard InChI is InChI=1S/C20H38O2/c1-4-7-9-10-11-12-13-14-15-17-20(21)22-18-19(6-3)16-8-5-2/h7,9,19H,4-6,8,10-18H2,1-3H3/b9-7-. The summed E-state index contributed by atoms with van der Waals surface area (Å²) in [6.07, 6.45) is 18.1. The minimum atomic E-state index is 0.000766. The van der Waals surface area contributed by atoms with E-state index in [1.165, 1.54) is 44.9 Å². The summed E-state index contributed by atoms with van der Waals surface area (Å²) in [6.45, 7) is 7.18. The molecule has 0 saturated carbocycles. The van der Waals surface area contributed by atoms with Crippen LogP contribution in [-0.4, -0.2) is 12.6 Å². The normalized spacial score (nSPS) is 12.7. The molecule has 0 fully saturated rings. The molecule has 0 bridgehead atoms. The first-order chi connectivity index (χ1) is 10.7. The van der Waals surface area contributed by atoms with Gasteiger partial charge in [0, 0.05) is 6.42 Å². The van der Waals surface area contributed by atoms with E-state index in [1.54, 1.807) is 0 Å². The maximum Gasteiger partial charge on any atom is 0.305 e. The molecule has 0 heterocycles. The van der Waals surface area contributed by atoms with Gasteiger partial charge in [-0.05, 0) is 38.0 Å². The lowest BCUT2D eigenvalue weighted by atomic mass is 10.0. The number of hydrogen-bond acceptors (Lipinski definition) is 2. The lowest BCUT2D eigenvalue weighted by Gasteiger charge is -2.14. The number of rotatable bonds is 15. The van der Waals surface area contributed by atoms with E-state index in [0.29, 0.717) is 18.9 Å². The van der Waals surface area contributed by atoms with Gasteiger partial charge in [0.2, 0.25) is 0 Å². The second-order valence-corrected chi connectivity index (χ2v) is 6.29. The second-order valence-electron chi connectivity index (χ2n) is 6.29. The Morgan fingerprint density at radius 3 is 2.36 bits per heavy atom. The molecule has 0 rings (SSSR count). The Hall–Kier alpha value is -0.790. The first kappa shape index (κ1) is 21.2. The molecular weight excluding hydrogens is 272 g/mol. The second kappa shape index (κ2) is 16.6. The van der Waals surface area contributed by atoms with Crippen molar-refractivity contribution in [3.63, 3.8) is 0 Å². The fraction of sp³-hybridized carbons (Fsp3) is 0.850. The van der Waals surface area contributed by atoms with Crippen LogP contribution in [-0.2, 0) is 9.53 Å². The third-order valence-electron chi connectivity index (χ3n) is 4.18. The molecule has 0 radical (unpaired) electrons. The highest BCUT2D eigenvalue weighted by atomic mass is 16.5. The fourth-order valence-electron chi connectivity index (χ4n) is 2.53. The first-order valence-corrected chi connectivity index (χ1v) is 9.55. The topological polar surface area (TPSA) is 26.3 Å². The van der Waals surface area contributed by atoms with Crippen molar-refractivity contribution in [3.8, 4) is 0 Å². The summed E-state index contributed by atoms with van der Waals surface area (Å²) in [6, 6.07) is 0. The van der Waals surface area contributed by atoms with Gasteiger partial charge in [-0.2, -0.15) is 0 Å². The van der Waals surface area contributed by atoms with Gasteiger partial charge >= 0.3 is 5.97 Å². The van der Waals surface area contributed by atoms with Gasteiger partial charge in [-0.25, -0.2) is 0 Å². The van der Waals surface area contributed by atoms with E-state index in [2.05, 4.69) is 32.9 Å². The summed E-state index contributed by atoms with van der Waals surface area (Å²) in [7, 11) is 0. The average Bonchev–Trinajstić information content (AvgIpc) is 2.53. The zero-order valence-corrected chi connectivity index (χ0v) is 15.2. The van der Waals surface area contributed by atoms with Crippen LogP contribution < -0.4 is 0 Å². The Morgan fingerprint density at radius 2 is 1.68 bits per heavy atom. The van der Waals surface area contributed by atoms with E-state index in [9.17, 15) is 4.79 Å². The van der Waals surface area contributed by atoms with Crippen LogP contribution >= 0.6 is 0 Å². The molecule has 0 spiro atoms. The maximum absolute atomic E-state index is 11.7. The van der Waals surface area contributed by atoms with Crippen molar-refractivity contribution in [2.75, 3.05) is 6.61 Å². The van der Waals surface area contributed by atoms with E-state index < -0.39 is 0 Å². The molecular formula is C20H38O2. The Morgan fingerprint density at radius 1 is 0.955 bits per heavy atom. The molecule has 0 aliphatic heterocycles. The molecule has 2 nitrogen and oxygen atoms in total. The van der Waals surface area contributed by atoms with Crippen LogP contribution in [0.3, 0.4) is 0 Å². The molecule has 0 aromatic rings. The minimum absolute atomic E-state index is 0.000766. The zero-order chi connectivity index (χ0) is 16.5. The molecule has 0 aliphatic carbocycles. The van der Waals surface area contributed by atoms with E-state index in [-0.39, 0.29) is 5.97 Å². The van der Waals surface area contributed by atoms with Crippen molar-refractivity contribution in [1.82, 2.24) is 0 Å². The lowest BCUT2D eigenvalue weighted by Crippen LogP contribution is -2.13. The molecule has 0 aromatic carbocycles. The van der Waals surface area contributed by atoms with Crippen molar-refractivity contribution >= 4 is 5.97 Å². The van der Waals surface area contributed by atoms with Gasteiger partial charge in [0.25, 0.3) is 0 Å². The van der Waals surface area contributed by atoms with Crippen molar-refractivity contribution in [2.45, 2.75) is 97.8 Å². The number of unbranched alkanes of at least 4 members (excludes halogenated alkanes) is 6. The van der Waals surface area contributed by atoms with Crippen LogP contribution in [0.5, 0.6) is 0 Å².